The van der Waals surface area contributed by atoms with Gasteiger partial charge in [-0.15, -0.1) is 24.0 Å². The standard InChI is InChI=1S/C15H23N3O2.HI/c1-19-8-3-9-20-14-5-2-4-12(10-14)11-17-15(16)18-13-6-7-13;/h2,4-5,10,13H,3,6-9,11H2,1H3,(H3,16,17,18);1H. The molecule has 1 fully saturated rings. The molecule has 0 heterocycles. The molecule has 21 heavy (non-hydrogen) atoms. The van der Waals surface area contributed by atoms with Crippen LogP contribution in [0.25, 0.3) is 0 Å². The third-order valence-corrected chi connectivity index (χ3v) is 3.02. The maximum absolute atomic E-state index is 5.81. The largest absolute Gasteiger partial charge is 0.493 e. The lowest BCUT2D eigenvalue weighted by atomic mass is 10.2. The van der Waals surface area contributed by atoms with E-state index >= 15 is 0 Å². The topological polar surface area (TPSA) is 68.9 Å². The Bertz CT molecular complexity index is 450. The highest BCUT2D eigenvalue weighted by Gasteiger charge is 2.21. The van der Waals surface area contributed by atoms with Crippen molar-refractivity contribution < 1.29 is 9.47 Å². The Morgan fingerprint density at radius 3 is 2.90 bits per heavy atom. The van der Waals surface area contributed by atoms with Gasteiger partial charge in [0.25, 0.3) is 0 Å². The van der Waals surface area contributed by atoms with Crippen molar-refractivity contribution in [3.63, 3.8) is 0 Å². The van der Waals surface area contributed by atoms with Crippen LogP contribution >= 0.6 is 24.0 Å². The number of hydrogen-bond donors (Lipinski definition) is 2. The van der Waals surface area contributed by atoms with Gasteiger partial charge in [0.2, 0.25) is 0 Å². The normalized spacial score (nSPS) is 14.4. The fourth-order valence-corrected chi connectivity index (χ4v) is 1.79. The zero-order chi connectivity index (χ0) is 14.2. The maximum atomic E-state index is 5.81. The Balaban J connectivity index is 0.00000220. The molecule has 0 radical (unpaired) electrons. The van der Waals surface area contributed by atoms with Gasteiger partial charge in [-0.05, 0) is 30.5 Å². The van der Waals surface area contributed by atoms with Crippen molar-refractivity contribution in [2.75, 3.05) is 20.3 Å². The lowest BCUT2D eigenvalue weighted by Gasteiger charge is -2.07. The average Bonchev–Trinajstić information content (AvgIpc) is 3.26. The highest BCUT2D eigenvalue weighted by Crippen LogP contribution is 2.18. The van der Waals surface area contributed by atoms with Gasteiger partial charge in [0.1, 0.15) is 5.75 Å². The first-order valence-corrected chi connectivity index (χ1v) is 7.05. The number of halogens is 1. The Hall–Kier alpha value is -1.02. The minimum atomic E-state index is 0. The summed E-state index contributed by atoms with van der Waals surface area (Å²) in [7, 11) is 1.69. The molecule has 1 aromatic rings. The summed E-state index contributed by atoms with van der Waals surface area (Å²) in [4.78, 5) is 4.33. The van der Waals surface area contributed by atoms with Gasteiger partial charge in [-0.1, -0.05) is 12.1 Å². The monoisotopic (exact) mass is 405 g/mol. The second-order valence-corrected chi connectivity index (χ2v) is 4.96. The smallest absolute Gasteiger partial charge is 0.189 e. The lowest BCUT2D eigenvalue weighted by Crippen LogP contribution is -2.33. The molecule has 0 amide bonds. The Labute approximate surface area is 143 Å². The van der Waals surface area contributed by atoms with Crippen molar-refractivity contribution in [2.24, 2.45) is 10.7 Å². The van der Waals surface area contributed by atoms with E-state index in [-0.39, 0.29) is 24.0 Å². The number of ether oxygens (including phenoxy) is 2. The highest BCUT2D eigenvalue weighted by molar-refractivity contribution is 14.0. The highest BCUT2D eigenvalue weighted by atomic mass is 127. The van der Waals surface area contributed by atoms with Crippen molar-refractivity contribution in [3.8, 4) is 5.75 Å². The van der Waals surface area contributed by atoms with Crippen molar-refractivity contribution in [2.45, 2.75) is 31.8 Å². The molecule has 6 heteroatoms. The van der Waals surface area contributed by atoms with E-state index < -0.39 is 0 Å². The molecule has 0 aromatic heterocycles. The van der Waals surface area contributed by atoms with Crippen LogP contribution in [0.1, 0.15) is 24.8 Å². The minimum absolute atomic E-state index is 0. The molecular formula is C15H24IN3O2. The van der Waals surface area contributed by atoms with Crippen LogP contribution in [0.5, 0.6) is 5.75 Å². The molecule has 0 unspecified atom stereocenters. The third kappa shape index (κ3) is 7.52. The summed E-state index contributed by atoms with van der Waals surface area (Å²) in [6.07, 6.45) is 3.28. The number of hydrogen-bond acceptors (Lipinski definition) is 3. The Morgan fingerprint density at radius 1 is 1.38 bits per heavy atom. The second-order valence-electron chi connectivity index (χ2n) is 4.96. The van der Waals surface area contributed by atoms with E-state index in [1.807, 2.05) is 24.3 Å². The number of methoxy groups -OCH3 is 1. The third-order valence-electron chi connectivity index (χ3n) is 3.02. The predicted octanol–water partition coefficient (Wildman–Crippen LogP) is 2.29. The molecule has 1 aromatic carbocycles. The van der Waals surface area contributed by atoms with Crippen LogP contribution in [-0.2, 0) is 11.3 Å². The van der Waals surface area contributed by atoms with E-state index in [2.05, 4.69) is 10.3 Å². The second kappa shape index (κ2) is 9.83. The van der Waals surface area contributed by atoms with E-state index in [4.69, 9.17) is 15.2 Å². The predicted molar refractivity (Wildman–Crippen MR) is 95.3 cm³/mol. The molecule has 0 saturated heterocycles. The van der Waals surface area contributed by atoms with Gasteiger partial charge >= 0.3 is 0 Å². The Morgan fingerprint density at radius 2 is 2.19 bits per heavy atom. The maximum Gasteiger partial charge on any atom is 0.189 e. The molecule has 118 valence electrons. The summed E-state index contributed by atoms with van der Waals surface area (Å²) in [6.45, 7) is 1.94. The van der Waals surface area contributed by atoms with Crippen molar-refractivity contribution >= 4 is 29.9 Å². The van der Waals surface area contributed by atoms with Gasteiger partial charge in [-0.2, -0.15) is 0 Å². The summed E-state index contributed by atoms with van der Waals surface area (Å²) < 4.78 is 10.6. The van der Waals surface area contributed by atoms with Crippen molar-refractivity contribution in [1.29, 1.82) is 0 Å². The Kier molecular flexibility index (Phi) is 8.44. The molecule has 3 N–H and O–H groups in total. The minimum Gasteiger partial charge on any atom is -0.493 e. The van der Waals surface area contributed by atoms with Crippen LogP contribution in [-0.4, -0.2) is 32.3 Å². The molecule has 5 nitrogen and oxygen atoms in total. The lowest BCUT2D eigenvalue weighted by molar-refractivity contribution is 0.172. The quantitative estimate of drug-likeness (QED) is 0.302. The van der Waals surface area contributed by atoms with Gasteiger partial charge in [-0.25, -0.2) is 4.99 Å². The van der Waals surface area contributed by atoms with Gasteiger partial charge < -0.3 is 20.5 Å². The van der Waals surface area contributed by atoms with Gasteiger partial charge in [-0.3, -0.25) is 0 Å². The number of nitrogens with zero attached hydrogens (tertiary/aromatic N) is 1. The van der Waals surface area contributed by atoms with Crippen LogP contribution in [0, 0.1) is 0 Å². The van der Waals surface area contributed by atoms with E-state index in [9.17, 15) is 0 Å². The van der Waals surface area contributed by atoms with Crippen LogP contribution in [0.4, 0.5) is 0 Å². The zero-order valence-corrected chi connectivity index (χ0v) is 14.7. The number of benzene rings is 1. The molecule has 2 rings (SSSR count). The van der Waals surface area contributed by atoms with Crippen LogP contribution in [0.2, 0.25) is 0 Å². The number of guanidine groups is 1. The van der Waals surface area contributed by atoms with E-state index in [1.54, 1.807) is 7.11 Å². The van der Waals surface area contributed by atoms with Crippen LogP contribution < -0.4 is 15.8 Å². The molecule has 0 bridgehead atoms. The van der Waals surface area contributed by atoms with Crippen LogP contribution in [0.3, 0.4) is 0 Å². The van der Waals surface area contributed by atoms with Gasteiger partial charge in [0, 0.05) is 26.2 Å². The van der Waals surface area contributed by atoms with E-state index in [0.29, 0.717) is 31.8 Å². The summed E-state index contributed by atoms with van der Waals surface area (Å²) in [5.74, 6) is 1.39. The molecule has 1 aliphatic carbocycles. The fourth-order valence-electron chi connectivity index (χ4n) is 1.79. The average molecular weight is 405 g/mol. The number of rotatable bonds is 8. The van der Waals surface area contributed by atoms with Crippen LogP contribution in [0.15, 0.2) is 29.3 Å². The summed E-state index contributed by atoms with van der Waals surface area (Å²) in [5, 5.41) is 3.17. The van der Waals surface area contributed by atoms with E-state index in [0.717, 1.165) is 17.7 Å². The fraction of sp³-hybridized carbons (Fsp3) is 0.533. The SMILES string of the molecule is COCCCOc1cccc(CN=C(N)NC2CC2)c1.I. The van der Waals surface area contributed by atoms with Crippen molar-refractivity contribution in [3.05, 3.63) is 29.8 Å². The molecule has 0 spiro atoms. The first-order chi connectivity index (χ1) is 9.78. The zero-order valence-electron chi connectivity index (χ0n) is 12.4. The van der Waals surface area contributed by atoms with Gasteiger partial charge in [0.15, 0.2) is 5.96 Å². The first kappa shape index (κ1) is 18.0. The van der Waals surface area contributed by atoms with Crippen molar-refractivity contribution in [1.82, 2.24) is 5.32 Å². The molecule has 0 aliphatic heterocycles. The van der Waals surface area contributed by atoms with E-state index in [1.165, 1.54) is 12.8 Å². The summed E-state index contributed by atoms with van der Waals surface area (Å²) in [6, 6.07) is 8.48. The number of nitrogens with one attached hydrogen (secondary N) is 1. The first-order valence-electron chi connectivity index (χ1n) is 7.05. The molecule has 0 atom stereocenters. The van der Waals surface area contributed by atoms with Gasteiger partial charge in [0.05, 0.1) is 13.2 Å². The summed E-state index contributed by atoms with van der Waals surface area (Å²) in [5.41, 5.74) is 6.90. The molecule has 1 aliphatic rings. The number of aliphatic imine (C=N–C) groups is 1. The molecule has 1 saturated carbocycles. The summed E-state index contributed by atoms with van der Waals surface area (Å²) >= 11 is 0. The molecular weight excluding hydrogens is 381 g/mol. The number of nitrogens with two attached hydrogens (primary N) is 1.